The lowest BCUT2D eigenvalue weighted by Crippen LogP contribution is -2.48. The van der Waals surface area contributed by atoms with Crippen LogP contribution in [0.15, 0.2) is 66.2 Å². The van der Waals surface area contributed by atoms with Crippen molar-refractivity contribution in [2.24, 2.45) is 0 Å². The van der Waals surface area contributed by atoms with Gasteiger partial charge in [-0.05, 0) is 48.7 Å². The number of hydrogen-bond acceptors (Lipinski definition) is 6. The van der Waals surface area contributed by atoms with Crippen molar-refractivity contribution in [2.45, 2.75) is 24.8 Å². The quantitative estimate of drug-likeness (QED) is 0.470. The number of anilines is 1. The molecule has 1 aromatic heterocycles. The first kappa shape index (κ1) is 23.8. The number of aryl methyl sites for hydroxylation is 1. The molecule has 1 aliphatic heterocycles. The minimum Gasteiger partial charge on any atom is -0.497 e. The molecule has 0 spiro atoms. The number of rotatable bonds is 9. The Morgan fingerprint density at radius 3 is 2.53 bits per heavy atom. The van der Waals surface area contributed by atoms with Gasteiger partial charge in [-0.2, -0.15) is 9.40 Å². The molecule has 1 fully saturated rings. The number of piperazine rings is 1. The predicted molar refractivity (Wildman–Crippen MR) is 132 cm³/mol. The molecule has 0 atom stereocenters. The van der Waals surface area contributed by atoms with Crippen molar-refractivity contribution >= 4 is 15.7 Å². The maximum atomic E-state index is 13.4. The third-order valence-electron chi connectivity index (χ3n) is 5.99. The molecule has 180 valence electrons. The molecule has 8 nitrogen and oxygen atoms in total. The number of para-hydroxylation sites is 1. The fourth-order valence-corrected chi connectivity index (χ4v) is 5.65. The van der Waals surface area contributed by atoms with Crippen molar-refractivity contribution in [2.75, 3.05) is 38.2 Å². The minimum atomic E-state index is -3.70. The average molecular weight is 483 g/mol. The normalized spacial score (nSPS) is 14.7. The summed E-state index contributed by atoms with van der Waals surface area (Å²) in [5, 5.41) is 6.82. The average Bonchev–Trinajstić information content (AvgIpc) is 3.34. The van der Waals surface area contributed by atoms with Crippen LogP contribution in [0.1, 0.15) is 16.8 Å². The molecule has 0 unspecified atom stereocenters. The van der Waals surface area contributed by atoms with Crippen molar-refractivity contribution in [1.82, 2.24) is 14.5 Å². The van der Waals surface area contributed by atoms with E-state index in [1.54, 1.807) is 7.11 Å². The van der Waals surface area contributed by atoms with E-state index in [4.69, 9.17) is 9.47 Å². The monoisotopic (exact) mass is 482 g/mol. The SMILES string of the molecule is C=CCc1cccc(C)c1OCc1[nH]ncc1S(=O)(=O)N1CCN(c2ccc(OC)cc2)CC1. The van der Waals surface area contributed by atoms with Crippen molar-refractivity contribution in [1.29, 1.82) is 0 Å². The van der Waals surface area contributed by atoms with E-state index in [0.717, 1.165) is 28.3 Å². The molecule has 2 heterocycles. The number of aromatic nitrogens is 2. The highest BCUT2D eigenvalue weighted by Crippen LogP contribution is 2.27. The van der Waals surface area contributed by atoms with E-state index in [1.807, 2.05) is 55.5 Å². The highest BCUT2D eigenvalue weighted by Gasteiger charge is 2.31. The largest absolute Gasteiger partial charge is 0.497 e. The molecular weight excluding hydrogens is 452 g/mol. The summed E-state index contributed by atoms with van der Waals surface area (Å²) in [5.74, 6) is 1.54. The second-order valence-electron chi connectivity index (χ2n) is 8.15. The standard InChI is InChI=1S/C25H30N4O4S/c1-4-6-20-8-5-7-19(2)25(20)33-18-23-24(17-26-27-23)34(30,31)29-15-13-28(14-16-29)21-9-11-22(32-3)12-10-21/h4-5,7-12,17H,1,6,13-16,18H2,2-3H3,(H,26,27). The zero-order chi connectivity index (χ0) is 24.1. The Kier molecular flexibility index (Phi) is 7.23. The summed E-state index contributed by atoms with van der Waals surface area (Å²) in [7, 11) is -2.07. The zero-order valence-corrected chi connectivity index (χ0v) is 20.3. The number of nitrogens with one attached hydrogen (secondary N) is 1. The Balaban J connectivity index is 1.44. The molecule has 0 saturated carbocycles. The van der Waals surface area contributed by atoms with Crippen LogP contribution in [0.3, 0.4) is 0 Å². The number of aromatic amines is 1. The van der Waals surface area contributed by atoms with Gasteiger partial charge in [-0.15, -0.1) is 6.58 Å². The lowest BCUT2D eigenvalue weighted by Gasteiger charge is -2.35. The number of allylic oxidation sites excluding steroid dienone is 1. The van der Waals surface area contributed by atoms with Crippen LogP contribution in [0.5, 0.6) is 11.5 Å². The van der Waals surface area contributed by atoms with Crippen LogP contribution >= 0.6 is 0 Å². The van der Waals surface area contributed by atoms with Crippen LogP contribution in [0.4, 0.5) is 5.69 Å². The number of H-pyrrole nitrogens is 1. The summed E-state index contributed by atoms with van der Waals surface area (Å²) in [4.78, 5) is 2.33. The number of benzene rings is 2. The molecule has 9 heteroatoms. The number of methoxy groups -OCH3 is 1. The van der Waals surface area contributed by atoms with E-state index in [2.05, 4.69) is 21.7 Å². The summed E-state index contributed by atoms with van der Waals surface area (Å²) < 4.78 is 39.6. The Hall–Kier alpha value is -3.30. The third-order valence-corrected chi connectivity index (χ3v) is 7.94. The van der Waals surface area contributed by atoms with E-state index >= 15 is 0 Å². The van der Waals surface area contributed by atoms with Crippen molar-refractivity contribution in [3.63, 3.8) is 0 Å². The summed E-state index contributed by atoms with van der Waals surface area (Å²) in [6, 6.07) is 13.7. The molecule has 34 heavy (non-hydrogen) atoms. The van der Waals surface area contributed by atoms with Gasteiger partial charge < -0.3 is 14.4 Å². The first-order valence-electron chi connectivity index (χ1n) is 11.2. The maximum absolute atomic E-state index is 13.4. The molecule has 0 amide bonds. The Bertz CT molecular complexity index is 1230. The lowest BCUT2D eigenvalue weighted by molar-refractivity contribution is 0.292. The molecule has 1 aliphatic rings. The van der Waals surface area contributed by atoms with Crippen molar-refractivity contribution < 1.29 is 17.9 Å². The fourth-order valence-electron chi connectivity index (χ4n) is 4.13. The molecule has 1 N–H and O–H groups in total. The fraction of sp³-hybridized carbons (Fsp3) is 0.320. The lowest BCUT2D eigenvalue weighted by atomic mass is 10.1. The number of nitrogens with zero attached hydrogens (tertiary/aromatic N) is 3. The van der Waals surface area contributed by atoms with Crippen LogP contribution in [0, 0.1) is 6.92 Å². The smallest absolute Gasteiger partial charge is 0.246 e. The summed E-state index contributed by atoms with van der Waals surface area (Å²) in [5.41, 5.74) is 3.47. The highest BCUT2D eigenvalue weighted by molar-refractivity contribution is 7.89. The van der Waals surface area contributed by atoms with Crippen LogP contribution < -0.4 is 14.4 Å². The van der Waals surface area contributed by atoms with Gasteiger partial charge in [0.25, 0.3) is 0 Å². The molecule has 0 radical (unpaired) electrons. The topological polar surface area (TPSA) is 87.8 Å². The predicted octanol–water partition coefficient (Wildman–Crippen LogP) is 3.55. The summed E-state index contributed by atoms with van der Waals surface area (Å²) in [6.07, 6.45) is 3.86. The van der Waals surface area contributed by atoms with Gasteiger partial charge in [0.1, 0.15) is 23.0 Å². The summed E-state index contributed by atoms with van der Waals surface area (Å²) in [6.45, 7) is 7.83. The van der Waals surface area contributed by atoms with E-state index in [0.29, 0.717) is 38.3 Å². The van der Waals surface area contributed by atoms with Crippen LogP contribution in [-0.2, 0) is 23.1 Å². The first-order chi connectivity index (χ1) is 16.4. The van der Waals surface area contributed by atoms with Gasteiger partial charge >= 0.3 is 0 Å². The third kappa shape index (κ3) is 4.95. The number of sulfonamides is 1. The molecule has 0 bridgehead atoms. The highest BCUT2D eigenvalue weighted by atomic mass is 32.2. The van der Waals surface area contributed by atoms with Gasteiger partial charge in [0.15, 0.2) is 0 Å². The van der Waals surface area contributed by atoms with Gasteiger partial charge in [0.05, 0.1) is 19.0 Å². The molecule has 2 aromatic carbocycles. The van der Waals surface area contributed by atoms with Gasteiger partial charge in [-0.25, -0.2) is 8.42 Å². The Morgan fingerprint density at radius 2 is 1.85 bits per heavy atom. The van der Waals surface area contributed by atoms with E-state index in [9.17, 15) is 8.42 Å². The van der Waals surface area contributed by atoms with Crippen molar-refractivity contribution in [3.8, 4) is 11.5 Å². The second-order valence-corrected chi connectivity index (χ2v) is 10.1. The van der Waals surface area contributed by atoms with Crippen molar-refractivity contribution in [3.05, 3.63) is 78.1 Å². The van der Waals surface area contributed by atoms with Crippen LogP contribution in [0.25, 0.3) is 0 Å². The molecule has 1 saturated heterocycles. The van der Waals surface area contributed by atoms with Crippen LogP contribution in [-0.4, -0.2) is 56.2 Å². The van der Waals surface area contributed by atoms with E-state index in [-0.39, 0.29) is 11.5 Å². The second kappa shape index (κ2) is 10.3. The summed E-state index contributed by atoms with van der Waals surface area (Å²) >= 11 is 0. The molecule has 0 aliphatic carbocycles. The molecular formula is C25H30N4O4S. The van der Waals surface area contributed by atoms with Gasteiger partial charge in [0, 0.05) is 31.9 Å². The molecule has 3 aromatic rings. The van der Waals surface area contributed by atoms with E-state index < -0.39 is 10.0 Å². The Labute approximate surface area is 200 Å². The molecule has 4 rings (SSSR count). The van der Waals surface area contributed by atoms with E-state index in [1.165, 1.54) is 10.5 Å². The first-order valence-corrected chi connectivity index (χ1v) is 12.6. The Morgan fingerprint density at radius 1 is 1.12 bits per heavy atom. The van der Waals surface area contributed by atoms with Gasteiger partial charge in [-0.3, -0.25) is 5.10 Å². The maximum Gasteiger partial charge on any atom is 0.246 e. The number of ether oxygens (including phenoxy) is 2. The van der Waals surface area contributed by atoms with Crippen LogP contribution in [0.2, 0.25) is 0 Å². The number of hydrogen-bond donors (Lipinski definition) is 1. The zero-order valence-electron chi connectivity index (χ0n) is 19.5. The minimum absolute atomic E-state index is 0.0787. The van der Waals surface area contributed by atoms with Gasteiger partial charge in [0.2, 0.25) is 10.0 Å². The van der Waals surface area contributed by atoms with Gasteiger partial charge in [-0.1, -0.05) is 24.3 Å².